The van der Waals surface area contributed by atoms with Gasteiger partial charge >= 0.3 is 0 Å². The Balaban J connectivity index is 1.69. The van der Waals surface area contributed by atoms with Gasteiger partial charge in [-0.05, 0) is 31.0 Å². The van der Waals surface area contributed by atoms with Gasteiger partial charge < -0.3 is 14.8 Å². The molecule has 19 heavy (non-hydrogen) atoms. The molecular formula is C14H17ClN2O2. The fourth-order valence-electron chi connectivity index (χ4n) is 2.01. The molecule has 1 aliphatic heterocycles. The zero-order valence-electron chi connectivity index (χ0n) is 10.7. The first kappa shape index (κ1) is 14.1. The van der Waals surface area contributed by atoms with E-state index in [2.05, 4.69) is 11.4 Å². The van der Waals surface area contributed by atoms with E-state index in [0.717, 1.165) is 25.1 Å². The van der Waals surface area contributed by atoms with Crippen molar-refractivity contribution < 1.29 is 9.47 Å². The first-order valence-electron chi connectivity index (χ1n) is 6.42. The van der Waals surface area contributed by atoms with Crippen LogP contribution < -0.4 is 5.32 Å². The lowest BCUT2D eigenvalue weighted by molar-refractivity contribution is 0.0206. The van der Waals surface area contributed by atoms with Crippen molar-refractivity contribution in [1.29, 1.82) is 5.26 Å². The molecule has 0 aliphatic carbocycles. The van der Waals surface area contributed by atoms with Gasteiger partial charge in [0.1, 0.15) is 6.07 Å². The Kier molecular flexibility index (Phi) is 5.46. The van der Waals surface area contributed by atoms with Crippen LogP contribution in [0.25, 0.3) is 0 Å². The molecule has 1 heterocycles. The molecule has 1 N–H and O–H groups in total. The van der Waals surface area contributed by atoms with Gasteiger partial charge in [0, 0.05) is 18.2 Å². The van der Waals surface area contributed by atoms with E-state index < -0.39 is 0 Å². The van der Waals surface area contributed by atoms with Crippen LogP contribution in [0.5, 0.6) is 0 Å². The maximum atomic E-state index is 8.99. The predicted octanol–water partition coefficient (Wildman–Crippen LogP) is 2.82. The third-order valence-electron chi connectivity index (χ3n) is 2.99. The summed E-state index contributed by atoms with van der Waals surface area (Å²) in [6.45, 7) is 2.74. The summed E-state index contributed by atoms with van der Waals surface area (Å²) in [7, 11) is 0. The average Bonchev–Trinajstić information content (AvgIpc) is 2.93. The van der Waals surface area contributed by atoms with Crippen LogP contribution in [0.4, 0.5) is 5.69 Å². The fraction of sp³-hybridized carbons (Fsp3) is 0.500. The third kappa shape index (κ3) is 4.39. The van der Waals surface area contributed by atoms with Crippen LogP contribution in [-0.2, 0) is 9.47 Å². The van der Waals surface area contributed by atoms with E-state index >= 15 is 0 Å². The molecule has 2 rings (SSSR count). The van der Waals surface area contributed by atoms with Crippen molar-refractivity contribution in [2.75, 3.05) is 31.7 Å². The SMILES string of the molecule is N#Cc1cc(Cl)ccc1NCCOCC1CCCO1. The van der Waals surface area contributed by atoms with Crippen molar-refractivity contribution in [2.24, 2.45) is 0 Å². The maximum absolute atomic E-state index is 8.99. The van der Waals surface area contributed by atoms with Crippen LogP contribution in [0.15, 0.2) is 18.2 Å². The normalized spacial score (nSPS) is 18.2. The molecule has 0 bridgehead atoms. The number of nitrogens with zero attached hydrogens (tertiary/aromatic N) is 1. The van der Waals surface area contributed by atoms with E-state index in [1.807, 2.05) is 0 Å². The lowest BCUT2D eigenvalue weighted by Crippen LogP contribution is -2.18. The van der Waals surface area contributed by atoms with Crippen molar-refractivity contribution in [3.63, 3.8) is 0 Å². The number of hydrogen-bond acceptors (Lipinski definition) is 4. The van der Waals surface area contributed by atoms with Crippen molar-refractivity contribution in [1.82, 2.24) is 0 Å². The molecular weight excluding hydrogens is 264 g/mol. The smallest absolute Gasteiger partial charge is 0.101 e. The summed E-state index contributed by atoms with van der Waals surface area (Å²) in [5.41, 5.74) is 1.33. The highest BCUT2D eigenvalue weighted by Gasteiger charge is 2.14. The molecule has 0 radical (unpaired) electrons. The Bertz CT molecular complexity index is 453. The number of ether oxygens (including phenoxy) is 2. The van der Waals surface area contributed by atoms with Gasteiger partial charge in [0.2, 0.25) is 0 Å². The Morgan fingerprint density at radius 1 is 1.53 bits per heavy atom. The van der Waals surface area contributed by atoms with Crippen molar-refractivity contribution in [2.45, 2.75) is 18.9 Å². The number of benzene rings is 1. The second-order valence-corrected chi connectivity index (χ2v) is 4.87. The Hall–Kier alpha value is -1.28. The maximum Gasteiger partial charge on any atom is 0.101 e. The van der Waals surface area contributed by atoms with E-state index in [4.69, 9.17) is 26.3 Å². The van der Waals surface area contributed by atoms with E-state index in [9.17, 15) is 0 Å². The van der Waals surface area contributed by atoms with Crippen LogP contribution in [0.1, 0.15) is 18.4 Å². The van der Waals surface area contributed by atoms with Crippen LogP contribution in [-0.4, -0.2) is 32.5 Å². The van der Waals surface area contributed by atoms with Gasteiger partial charge in [0.15, 0.2) is 0 Å². The number of rotatable bonds is 6. The highest BCUT2D eigenvalue weighted by atomic mass is 35.5. The van der Waals surface area contributed by atoms with E-state index in [1.165, 1.54) is 0 Å². The number of halogens is 1. The Labute approximate surface area is 118 Å². The quantitative estimate of drug-likeness (QED) is 0.814. The van der Waals surface area contributed by atoms with E-state index in [1.54, 1.807) is 18.2 Å². The molecule has 5 heteroatoms. The first-order valence-corrected chi connectivity index (χ1v) is 6.80. The summed E-state index contributed by atoms with van der Waals surface area (Å²) >= 11 is 5.83. The van der Waals surface area contributed by atoms with Gasteiger partial charge in [0.25, 0.3) is 0 Å². The highest BCUT2D eigenvalue weighted by Crippen LogP contribution is 2.19. The van der Waals surface area contributed by atoms with Crippen LogP contribution in [0, 0.1) is 11.3 Å². The van der Waals surface area contributed by atoms with E-state index in [0.29, 0.717) is 30.3 Å². The molecule has 1 fully saturated rings. The minimum absolute atomic E-state index is 0.255. The van der Waals surface area contributed by atoms with Gasteiger partial charge in [-0.3, -0.25) is 0 Å². The van der Waals surface area contributed by atoms with Gasteiger partial charge in [-0.25, -0.2) is 0 Å². The molecule has 1 aromatic rings. The number of nitriles is 1. The Morgan fingerprint density at radius 2 is 2.42 bits per heavy atom. The summed E-state index contributed by atoms with van der Waals surface area (Å²) in [4.78, 5) is 0. The molecule has 1 aliphatic rings. The van der Waals surface area contributed by atoms with Crippen LogP contribution in [0.2, 0.25) is 5.02 Å². The minimum Gasteiger partial charge on any atom is -0.382 e. The second-order valence-electron chi connectivity index (χ2n) is 4.44. The largest absolute Gasteiger partial charge is 0.382 e. The second kappa shape index (κ2) is 7.34. The van der Waals surface area contributed by atoms with Crippen molar-refractivity contribution in [3.8, 4) is 6.07 Å². The zero-order valence-corrected chi connectivity index (χ0v) is 11.4. The summed E-state index contributed by atoms with van der Waals surface area (Å²) in [5, 5.41) is 12.7. The number of nitrogens with one attached hydrogen (secondary N) is 1. The first-order chi connectivity index (χ1) is 9.29. The molecule has 0 amide bonds. The number of hydrogen-bond donors (Lipinski definition) is 1. The molecule has 0 saturated carbocycles. The van der Waals surface area contributed by atoms with Crippen molar-refractivity contribution in [3.05, 3.63) is 28.8 Å². The minimum atomic E-state index is 0.255. The van der Waals surface area contributed by atoms with Crippen LogP contribution >= 0.6 is 11.6 Å². The standard InChI is InChI=1S/C14H17ClN2O2/c15-12-3-4-14(11(8-12)9-16)17-5-7-18-10-13-2-1-6-19-13/h3-4,8,13,17H,1-2,5-7,10H2. The third-order valence-corrected chi connectivity index (χ3v) is 3.23. The summed E-state index contributed by atoms with van der Waals surface area (Å²) in [5.74, 6) is 0. The van der Waals surface area contributed by atoms with Crippen molar-refractivity contribution >= 4 is 17.3 Å². The van der Waals surface area contributed by atoms with Gasteiger partial charge in [-0.15, -0.1) is 0 Å². The van der Waals surface area contributed by atoms with E-state index in [-0.39, 0.29) is 6.10 Å². The van der Waals surface area contributed by atoms with Gasteiger partial charge in [-0.1, -0.05) is 11.6 Å². The summed E-state index contributed by atoms with van der Waals surface area (Å²) in [6, 6.07) is 7.33. The van der Waals surface area contributed by atoms with Crippen LogP contribution in [0.3, 0.4) is 0 Å². The Morgan fingerprint density at radius 3 is 3.16 bits per heavy atom. The summed E-state index contributed by atoms with van der Waals surface area (Å²) < 4.78 is 11.0. The number of anilines is 1. The van der Waals surface area contributed by atoms with Gasteiger partial charge in [0.05, 0.1) is 30.6 Å². The lowest BCUT2D eigenvalue weighted by Gasteiger charge is -2.11. The molecule has 1 aromatic carbocycles. The van der Waals surface area contributed by atoms with Gasteiger partial charge in [-0.2, -0.15) is 5.26 Å². The molecule has 4 nitrogen and oxygen atoms in total. The molecule has 1 saturated heterocycles. The molecule has 0 aromatic heterocycles. The predicted molar refractivity (Wildman–Crippen MR) is 74.4 cm³/mol. The molecule has 1 unspecified atom stereocenters. The molecule has 0 spiro atoms. The molecule has 1 atom stereocenters. The topological polar surface area (TPSA) is 54.3 Å². The zero-order chi connectivity index (χ0) is 13.5. The average molecular weight is 281 g/mol. The fourth-order valence-corrected chi connectivity index (χ4v) is 2.18. The highest BCUT2D eigenvalue weighted by molar-refractivity contribution is 6.30. The lowest BCUT2D eigenvalue weighted by atomic mass is 10.2. The molecule has 102 valence electrons. The monoisotopic (exact) mass is 280 g/mol. The summed E-state index contributed by atoms with van der Waals surface area (Å²) in [6.07, 6.45) is 2.47.